The maximum Gasteiger partial charge on any atom is 0.262 e. The molecule has 0 saturated carbocycles. The molecule has 1 amide bonds. The number of hydrogen-bond donors (Lipinski definition) is 1. The molecule has 0 radical (unpaired) electrons. The van der Waals surface area contributed by atoms with Crippen molar-refractivity contribution in [1.82, 2.24) is 4.90 Å². The fourth-order valence-corrected chi connectivity index (χ4v) is 2.87. The van der Waals surface area contributed by atoms with Crippen molar-refractivity contribution in [1.29, 1.82) is 0 Å². The van der Waals surface area contributed by atoms with Crippen LogP contribution >= 0.6 is 0 Å². The van der Waals surface area contributed by atoms with Crippen LogP contribution in [-0.4, -0.2) is 30.5 Å². The number of ether oxygens (including phenoxy) is 1. The molecule has 0 heterocycles. The molecule has 0 spiro atoms. The Labute approximate surface area is 163 Å². The standard InChI is InChI=1S/C23H32N2O2/c1-5-18(4)20-10-14-22(15-11-20)27-17-23(26)24-21-12-8-19(9-13-21)16-25(6-2)7-3/h8-15,18H,5-7,16-17H2,1-4H3,(H,24,26)/t18-/m0/s1. The van der Waals surface area contributed by atoms with Gasteiger partial charge in [-0.15, -0.1) is 0 Å². The summed E-state index contributed by atoms with van der Waals surface area (Å²) in [5, 5.41) is 2.88. The summed E-state index contributed by atoms with van der Waals surface area (Å²) in [6, 6.07) is 16.0. The number of carbonyl (C=O) groups is 1. The topological polar surface area (TPSA) is 41.6 Å². The van der Waals surface area contributed by atoms with E-state index in [1.165, 1.54) is 11.1 Å². The molecule has 0 fully saturated rings. The number of hydrogen-bond acceptors (Lipinski definition) is 3. The second-order valence-electron chi connectivity index (χ2n) is 6.87. The van der Waals surface area contributed by atoms with E-state index in [-0.39, 0.29) is 12.5 Å². The predicted molar refractivity (Wildman–Crippen MR) is 112 cm³/mol. The summed E-state index contributed by atoms with van der Waals surface area (Å²) in [5.74, 6) is 1.09. The number of carbonyl (C=O) groups excluding carboxylic acids is 1. The van der Waals surface area contributed by atoms with Crippen molar-refractivity contribution in [2.75, 3.05) is 25.0 Å². The van der Waals surface area contributed by atoms with Crippen molar-refractivity contribution in [3.8, 4) is 5.75 Å². The zero-order chi connectivity index (χ0) is 19.6. The van der Waals surface area contributed by atoms with Gasteiger partial charge < -0.3 is 10.1 Å². The van der Waals surface area contributed by atoms with Gasteiger partial charge in [-0.2, -0.15) is 0 Å². The Bertz CT molecular complexity index is 691. The van der Waals surface area contributed by atoms with Crippen molar-refractivity contribution < 1.29 is 9.53 Å². The van der Waals surface area contributed by atoms with Crippen molar-refractivity contribution in [3.05, 3.63) is 59.7 Å². The minimum absolute atomic E-state index is 0.00385. The Morgan fingerprint density at radius 1 is 1.00 bits per heavy atom. The normalized spacial score (nSPS) is 12.0. The van der Waals surface area contributed by atoms with Crippen molar-refractivity contribution in [2.45, 2.75) is 46.6 Å². The highest BCUT2D eigenvalue weighted by atomic mass is 16.5. The van der Waals surface area contributed by atoms with Crippen LogP contribution in [0.4, 0.5) is 5.69 Å². The van der Waals surface area contributed by atoms with Crippen LogP contribution in [0.1, 0.15) is 51.2 Å². The highest BCUT2D eigenvalue weighted by Gasteiger charge is 2.07. The lowest BCUT2D eigenvalue weighted by Crippen LogP contribution is -2.22. The molecule has 27 heavy (non-hydrogen) atoms. The van der Waals surface area contributed by atoms with Gasteiger partial charge in [-0.05, 0) is 60.8 Å². The second-order valence-corrected chi connectivity index (χ2v) is 6.87. The number of anilines is 1. The van der Waals surface area contributed by atoms with E-state index in [9.17, 15) is 4.79 Å². The highest BCUT2D eigenvalue weighted by molar-refractivity contribution is 5.91. The SMILES string of the molecule is CC[C@H](C)c1ccc(OCC(=O)Nc2ccc(CN(CC)CC)cc2)cc1. The lowest BCUT2D eigenvalue weighted by atomic mass is 9.99. The van der Waals surface area contributed by atoms with Crippen LogP contribution in [0.2, 0.25) is 0 Å². The summed E-state index contributed by atoms with van der Waals surface area (Å²) in [6.07, 6.45) is 1.11. The summed E-state index contributed by atoms with van der Waals surface area (Å²) in [4.78, 5) is 14.5. The Hall–Kier alpha value is -2.33. The van der Waals surface area contributed by atoms with E-state index in [0.717, 1.165) is 31.7 Å². The molecule has 2 aromatic carbocycles. The molecular weight excluding hydrogens is 336 g/mol. The van der Waals surface area contributed by atoms with Gasteiger partial charge in [-0.25, -0.2) is 0 Å². The molecule has 4 heteroatoms. The third kappa shape index (κ3) is 6.72. The fraction of sp³-hybridized carbons (Fsp3) is 0.435. The molecule has 4 nitrogen and oxygen atoms in total. The van der Waals surface area contributed by atoms with Crippen LogP contribution in [-0.2, 0) is 11.3 Å². The van der Waals surface area contributed by atoms with E-state index in [4.69, 9.17) is 4.74 Å². The molecular formula is C23H32N2O2. The molecule has 0 aliphatic carbocycles. The van der Waals surface area contributed by atoms with E-state index < -0.39 is 0 Å². The van der Waals surface area contributed by atoms with Gasteiger partial charge in [0.1, 0.15) is 5.75 Å². The maximum absolute atomic E-state index is 12.1. The van der Waals surface area contributed by atoms with Gasteiger partial charge >= 0.3 is 0 Å². The van der Waals surface area contributed by atoms with Gasteiger partial charge in [0.25, 0.3) is 5.91 Å². The van der Waals surface area contributed by atoms with Gasteiger partial charge in [0.15, 0.2) is 6.61 Å². The molecule has 1 atom stereocenters. The molecule has 146 valence electrons. The van der Waals surface area contributed by atoms with Gasteiger partial charge in [0, 0.05) is 12.2 Å². The molecule has 0 aliphatic heterocycles. The first-order valence-corrected chi connectivity index (χ1v) is 9.89. The molecule has 2 aromatic rings. The van der Waals surface area contributed by atoms with Crippen LogP contribution < -0.4 is 10.1 Å². The lowest BCUT2D eigenvalue weighted by Gasteiger charge is -2.18. The second kappa shape index (κ2) is 10.7. The van der Waals surface area contributed by atoms with Crippen molar-refractivity contribution >= 4 is 11.6 Å². The number of nitrogens with zero attached hydrogens (tertiary/aromatic N) is 1. The summed E-state index contributed by atoms with van der Waals surface area (Å²) >= 11 is 0. The first kappa shape index (κ1) is 21.0. The monoisotopic (exact) mass is 368 g/mol. The summed E-state index contributed by atoms with van der Waals surface area (Å²) < 4.78 is 5.60. The third-order valence-electron chi connectivity index (χ3n) is 4.97. The van der Waals surface area contributed by atoms with E-state index in [2.05, 4.69) is 62.2 Å². The average Bonchev–Trinajstić information content (AvgIpc) is 2.71. The average molecular weight is 369 g/mol. The van der Waals surface area contributed by atoms with E-state index in [1.54, 1.807) is 0 Å². The van der Waals surface area contributed by atoms with Gasteiger partial charge in [0.05, 0.1) is 0 Å². The minimum atomic E-state index is -0.155. The largest absolute Gasteiger partial charge is 0.484 e. The fourth-order valence-electron chi connectivity index (χ4n) is 2.87. The smallest absolute Gasteiger partial charge is 0.262 e. The highest BCUT2D eigenvalue weighted by Crippen LogP contribution is 2.21. The molecule has 0 aromatic heterocycles. The van der Waals surface area contributed by atoms with Crippen LogP contribution in [0.15, 0.2) is 48.5 Å². The molecule has 1 N–H and O–H groups in total. The maximum atomic E-state index is 12.1. The molecule has 0 saturated heterocycles. The Morgan fingerprint density at radius 2 is 1.63 bits per heavy atom. The Kier molecular flexibility index (Phi) is 8.34. The van der Waals surface area contributed by atoms with Gasteiger partial charge in [-0.3, -0.25) is 9.69 Å². The zero-order valence-electron chi connectivity index (χ0n) is 17.0. The summed E-state index contributed by atoms with van der Waals surface area (Å²) in [7, 11) is 0. The minimum Gasteiger partial charge on any atom is -0.484 e. The van der Waals surface area contributed by atoms with Crippen molar-refractivity contribution in [3.63, 3.8) is 0 Å². The van der Waals surface area contributed by atoms with E-state index in [1.807, 2.05) is 24.3 Å². The first-order valence-electron chi connectivity index (χ1n) is 9.89. The zero-order valence-corrected chi connectivity index (χ0v) is 17.0. The molecule has 0 unspecified atom stereocenters. The van der Waals surface area contributed by atoms with E-state index in [0.29, 0.717) is 11.7 Å². The molecule has 0 aliphatic rings. The lowest BCUT2D eigenvalue weighted by molar-refractivity contribution is -0.118. The number of nitrogens with one attached hydrogen (secondary N) is 1. The van der Waals surface area contributed by atoms with Crippen LogP contribution in [0.25, 0.3) is 0 Å². The predicted octanol–water partition coefficient (Wildman–Crippen LogP) is 5.06. The first-order chi connectivity index (χ1) is 13.0. The number of rotatable bonds is 10. The van der Waals surface area contributed by atoms with Gasteiger partial charge in [0.2, 0.25) is 0 Å². The van der Waals surface area contributed by atoms with Crippen LogP contribution in [0.5, 0.6) is 5.75 Å². The van der Waals surface area contributed by atoms with Crippen molar-refractivity contribution in [2.24, 2.45) is 0 Å². The van der Waals surface area contributed by atoms with Gasteiger partial charge in [-0.1, -0.05) is 52.0 Å². The third-order valence-corrected chi connectivity index (χ3v) is 4.97. The summed E-state index contributed by atoms with van der Waals surface area (Å²) in [5.41, 5.74) is 3.33. The Morgan fingerprint density at radius 3 is 2.19 bits per heavy atom. The van der Waals surface area contributed by atoms with E-state index >= 15 is 0 Å². The Balaban J connectivity index is 1.81. The molecule has 0 bridgehead atoms. The number of benzene rings is 2. The van der Waals surface area contributed by atoms with Crippen LogP contribution in [0.3, 0.4) is 0 Å². The quantitative estimate of drug-likeness (QED) is 0.637. The summed E-state index contributed by atoms with van der Waals surface area (Å²) in [6.45, 7) is 11.7. The molecule has 2 rings (SSSR count). The number of amides is 1. The van der Waals surface area contributed by atoms with Crippen LogP contribution in [0, 0.1) is 0 Å².